The molecule has 4 aromatic carbocycles. The molecule has 0 aliphatic carbocycles. The first-order valence-electron chi connectivity index (χ1n) is 13.7. The quantitative estimate of drug-likeness (QED) is 0.281. The lowest BCUT2D eigenvalue weighted by Crippen LogP contribution is -2.51. The summed E-state index contributed by atoms with van der Waals surface area (Å²) in [5, 5.41) is 3.06. The number of benzene rings is 4. The normalized spacial score (nSPS) is 24.3. The van der Waals surface area contributed by atoms with Crippen molar-refractivity contribution in [3.63, 3.8) is 0 Å². The molecule has 42 heavy (non-hydrogen) atoms. The second-order valence-electron chi connectivity index (χ2n) is 10.9. The highest BCUT2D eigenvalue weighted by Crippen LogP contribution is 2.58. The van der Waals surface area contributed by atoms with E-state index < -0.39 is 23.4 Å². The Hall–Kier alpha value is -4.69. The van der Waals surface area contributed by atoms with E-state index in [1.54, 1.807) is 30.3 Å². The van der Waals surface area contributed by atoms with Crippen LogP contribution in [-0.2, 0) is 10.2 Å². The van der Waals surface area contributed by atoms with Crippen molar-refractivity contribution in [2.45, 2.75) is 17.5 Å². The van der Waals surface area contributed by atoms with Crippen molar-refractivity contribution in [2.75, 3.05) is 17.0 Å². The summed E-state index contributed by atoms with van der Waals surface area (Å²) in [5.74, 6) is -0.885. The Bertz CT molecular complexity index is 1850. The number of fused-ring (bicyclic) bond motifs is 7. The molecule has 4 aromatic rings. The van der Waals surface area contributed by atoms with Crippen LogP contribution in [0.25, 0.3) is 6.08 Å². The van der Waals surface area contributed by atoms with Crippen molar-refractivity contribution >= 4 is 50.9 Å². The predicted octanol–water partition coefficient (Wildman–Crippen LogP) is 6.03. The zero-order valence-corrected chi connectivity index (χ0v) is 23.7. The lowest BCUT2D eigenvalue weighted by Gasteiger charge is -2.37. The SMILES string of the molecule is O=C(c1ccc2c(c1)OCO2)[C@@H]1[C@H](C(=O)c2ccc(Br)cc2)N2c3ccccc3C=CC2[C@@]12C(=O)Nc1ccccc12. The number of halogens is 1. The van der Waals surface area contributed by atoms with Crippen molar-refractivity contribution in [1.82, 2.24) is 0 Å². The number of nitrogens with one attached hydrogen (secondary N) is 1. The van der Waals surface area contributed by atoms with Gasteiger partial charge in [0.2, 0.25) is 12.7 Å². The van der Waals surface area contributed by atoms with Gasteiger partial charge in [0.15, 0.2) is 23.1 Å². The minimum atomic E-state index is -1.37. The van der Waals surface area contributed by atoms with Crippen molar-refractivity contribution in [3.8, 4) is 11.5 Å². The molecule has 1 amide bonds. The summed E-state index contributed by atoms with van der Waals surface area (Å²) in [4.78, 5) is 46.1. The second-order valence-corrected chi connectivity index (χ2v) is 11.8. The Labute approximate surface area is 249 Å². The van der Waals surface area contributed by atoms with E-state index in [1.807, 2.05) is 77.7 Å². The highest BCUT2D eigenvalue weighted by molar-refractivity contribution is 9.10. The van der Waals surface area contributed by atoms with Gasteiger partial charge in [0, 0.05) is 27.0 Å². The maximum Gasteiger partial charge on any atom is 0.238 e. The molecule has 1 fully saturated rings. The summed E-state index contributed by atoms with van der Waals surface area (Å²) < 4.78 is 11.9. The zero-order chi connectivity index (χ0) is 28.6. The number of carbonyl (C=O) groups is 3. The standard InChI is InChI=1S/C34H23BrN2O5/c35-22-13-9-20(10-14-22)32(39)30-29(31(38)21-11-15-26-27(17-21)42-18-41-26)34(23-6-2-3-7-24(23)36-33(34)40)28-16-12-19-5-1-4-8-25(19)37(28)30/h1-17,28-30H,18H2,(H,36,40)/t28?,29-,30+,34+/m0/s1. The molecule has 7 nitrogen and oxygen atoms in total. The molecule has 4 atom stereocenters. The number of carbonyl (C=O) groups excluding carboxylic acids is 3. The highest BCUT2D eigenvalue weighted by Gasteiger charge is 2.70. The first kappa shape index (κ1) is 25.1. The van der Waals surface area contributed by atoms with Crippen molar-refractivity contribution in [1.29, 1.82) is 0 Å². The minimum absolute atomic E-state index is 0.0677. The second kappa shape index (κ2) is 9.16. The summed E-state index contributed by atoms with van der Waals surface area (Å²) in [6, 6.07) is 25.9. The molecular formula is C34H23BrN2O5. The molecule has 0 saturated carbocycles. The number of amides is 1. The van der Waals surface area contributed by atoms with Gasteiger partial charge in [0.25, 0.3) is 0 Å². The molecule has 8 rings (SSSR count). The molecule has 1 N–H and O–H groups in total. The van der Waals surface area contributed by atoms with E-state index >= 15 is 0 Å². The van der Waals surface area contributed by atoms with Crippen LogP contribution in [0.4, 0.5) is 11.4 Å². The zero-order valence-electron chi connectivity index (χ0n) is 22.1. The molecule has 4 aliphatic rings. The van der Waals surface area contributed by atoms with E-state index in [0.717, 1.165) is 15.7 Å². The average Bonchev–Trinajstić information content (AvgIpc) is 3.70. The Morgan fingerprint density at radius 3 is 2.45 bits per heavy atom. The van der Waals surface area contributed by atoms with Gasteiger partial charge in [-0.1, -0.05) is 76.6 Å². The predicted molar refractivity (Wildman–Crippen MR) is 161 cm³/mol. The topological polar surface area (TPSA) is 84.9 Å². The van der Waals surface area contributed by atoms with Crippen molar-refractivity contribution < 1.29 is 23.9 Å². The summed E-state index contributed by atoms with van der Waals surface area (Å²) in [7, 11) is 0. The van der Waals surface area contributed by atoms with Gasteiger partial charge < -0.3 is 19.7 Å². The number of ketones is 2. The average molecular weight is 619 g/mol. The molecule has 1 spiro atoms. The molecule has 0 radical (unpaired) electrons. The largest absolute Gasteiger partial charge is 0.454 e. The molecular weight excluding hydrogens is 596 g/mol. The first-order chi connectivity index (χ1) is 20.5. The van der Waals surface area contributed by atoms with Crippen LogP contribution >= 0.6 is 15.9 Å². The van der Waals surface area contributed by atoms with Crippen LogP contribution in [0.3, 0.4) is 0 Å². The molecule has 0 aromatic heterocycles. The maximum absolute atomic E-state index is 14.9. The molecule has 4 aliphatic heterocycles. The molecule has 4 heterocycles. The third-order valence-corrected chi connectivity index (χ3v) is 9.41. The van der Waals surface area contributed by atoms with Crippen LogP contribution < -0.4 is 19.7 Å². The summed E-state index contributed by atoms with van der Waals surface area (Å²) in [6.45, 7) is 0.0677. The first-order valence-corrected chi connectivity index (χ1v) is 14.5. The van der Waals surface area contributed by atoms with Crippen molar-refractivity contribution in [2.24, 2.45) is 5.92 Å². The maximum atomic E-state index is 14.9. The van der Waals surface area contributed by atoms with Gasteiger partial charge >= 0.3 is 0 Å². The van der Waals surface area contributed by atoms with E-state index in [9.17, 15) is 14.4 Å². The third-order valence-electron chi connectivity index (χ3n) is 8.88. The van der Waals surface area contributed by atoms with Gasteiger partial charge in [-0.15, -0.1) is 0 Å². The monoisotopic (exact) mass is 618 g/mol. The van der Waals surface area contributed by atoms with E-state index in [0.29, 0.717) is 33.9 Å². The number of Topliss-reactive ketones (excluding diaryl/α,β-unsaturated/α-hetero) is 2. The fourth-order valence-corrected chi connectivity index (χ4v) is 7.40. The lowest BCUT2D eigenvalue weighted by atomic mass is 9.64. The van der Waals surface area contributed by atoms with Gasteiger partial charge in [-0.05, 0) is 53.6 Å². The van der Waals surface area contributed by atoms with Gasteiger partial charge in [-0.2, -0.15) is 0 Å². The molecule has 206 valence electrons. The minimum Gasteiger partial charge on any atom is -0.454 e. The fourth-order valence-electron chi connectivity index (χ4n) is 7.13. The van der Waals surface area contributed by atoms with Crippen molar-refractivity contribution in [3.05, 3.63) is 124 Å². The number of nitrogens with zero attached hydrogens (tertiary/aromatic N) is 1. The van der Waals surface area contributed by atoms with Crippen LogP contribution in [0, 0.1) is 5.92 Å². The van der Waals surface area contributed by atoms with E-state index in [-0.39, 0.29) is 24.3 Å². The Morgan fingerprint density at radius 1 is 0.857 bits per heavy atom. The lowest BCUT2D eigenvalue weighted by molar-refractivity contribution is -0.121. The smallest absolute Gasteiger partial charge is 0.238 e. The van der Waals surface area contributed by atoms with Gasteiger partial charge in [0.05, 0.1) is 12.0 Å². The molecule has 1 unspecified atom stereocenters. The summed E-state index contributed by atoms with van der Waals surface area (Å²) >= 11 is 3.46. The third kappa shape index (κ3) is 3.35. The van der Waals surface area contributed by atoms with Crippen LogP contribution in [0.15, 0.2) is 102 Å². The fraction of sp³-hybridized carbons (Fsp3) is 0.147. The molecule has 1 saturated heterocycles. The van der Waals surface area contributed by atoms with Crippen LogP contribution in [-0.4, -0.2) is 36.4 Å². The number of anilines is 2. The van der Waals surface area contributed by atoms with Gasteiger partial charge in [-0.25, -0.2) is 0 Å². The number of hydrogen-bond donors (Lipinski definition) is 1. The van der Waals surface area contributed by atoms with Crippen LogP contribution in [0.1, 0.15) is 31.8 Å². The van der Waals surface area contributed by atoms with E-state index in [4.69, 9.17) is 9.47 Å². The number of para-hydroxylation sites is 2. The summed E-state index contributed by atoms with van der Waals surface area (Å²) in [5.41, 5.74) is 2.52. The summed E-state index contributed by atoms with van der Waals surface area (Å²) in [6.07, 6.45) is 3.96. The molecule has 0 bridgehead atoms. The van der Waals surface area contributed by atoms with Gasteiger partial charge in [-0.3, -0.25) is 14.4 Å². The Kier molecular flexibility index (Phi) is 5.46. The Balaban J connectivity index is 1.41. The number of ether oxygens (including phenoxy) is 2. The van der Waals surface area contributed by atoms with Crippen LogP contribution in [0.2, 0.25) is 0 Å². The van der Waals surface area contributed by atoms with E-state index in [2.05, 4.69) is 21.2 Å². The Morgan fingerprint density at radius 2 is 1.60 bits per heavy atom. The number of rotatable bonds is 4. The molecule has 8 heteroatoms. The highest BCUT2D eigenvalue weighted by atomic mass is 79.9. The van der Waals surface area contributed by atoms with E-state index in [1.165, 1.54) is 0 Å². The van der Waals surface area contributed by atoms with Crippen LogP contribution in [0.5, 0.6) is 11.5 Å². The number of hydrogen-bond acceptors (Lipinski definition) is 6. The van der Waals surface area contributed by atoms with Gasteiger partial charge in [0.1, 0.15) is 11.5 Å².